The predicted octanol–water partition coefficient (Wildman–Crippen LogP) is 13.3. The smallest absolute Gasteiger partial charge is 0.137 e. The Balaban J connectivity index is 1.22. The zero-order valence-electron chi connectivity index (χ0n) is 27.2. The largest absolute Gasteiger partial charge is 0.456 e. The molecule has 0 radical (unpaired) electrons. The average molecular weight is 642 g/mol. The van der Waals surface area contributed by atoms with E-state index in [4.69, 9.17) is 8.83 Å². The summed E-state index contributed by atoms with van der Waals surface area (Å²) in [5, 5.41) is 6.91. The maximum atomic E-state index is 6.46. The zero-order valence-corrected chi connectivity index (χ0v) is 27.2. The maximum absolute atomic E-state index is 6.46. The second-order valence-electron chi connectivity index (χ2n) is 12.9. The fourth-order valence-corrected chi connectivity index (χ4v) is 7.60. The van der Waals surface area contributed by atoms with Crippen LogP contribution in [0.1, 0.15) is 5.56 Å². The lowest BCUT2D eigenvalue weighted by atomic mass is 9.92. The number of furan rings is 2. The van der Waals surface area contributed by atoms with Gasteiger partial charge >= 0.3 is 0 Å². The molecule has 0 aliphatic rings. The third kappa shape index (κ3) is 4.67. The molecule has 0 aliphatic carbocycles. The Bertz CT molecular complexity index is 2840. The van der Waals surface area contributed by atoms with Crippen LogP contribution < -0.4 is 4.90 Å². The molecule has 8 aromatic carbocycles. The van der Waals surface area contributed by atoms with E-state index in [1.165, 1.54) is 38.6 Å². The molecule has 10 rings (SSSR count). The fraction of sp³-hybridized carbons (Fsp3) is 0.0213. The number of hydrogen-bond donors (Lipinski definition) is 0. The number of benzene rings is 8. The molecule has 2 aromatic heterocycles. The van der Waals surface area contributed by atoms with Crippen molar-refractivity contribution in [3.63, 3.8) is 0 Å². The molecule has 236 valence electrons. The van der Waals surface area contributed by atoms with Gasteiger partial charge in [0.25, 0.3) is 0 Å². The highest BCUT2D eigenvalue weighted by Gasteiger charge is 2.22. The Labute approximate surface area is 289 Å². The van der Waals surface area contributed by atoms with Gasteiger partial charge in [0, 0.05) is 28.4 Å². The molecule has 0 unspecified atom stereocenters. The summed E-state index contributed by atoms with van der Waals surface area (Å²) >= 11 is 0. The Morgan fingerprint density at radius 2 is 1.00 bits per heavy atom. The lowest BCUT2D eigenvalue weighted by Gasteiger charge is -2.28. The minimum atomic E-state index is 0.626. The van der Waals surface area contributed by atoms with Crippen molar-refractivity contribution in [2.24, 2.45) is 0 Å². The predicted molar refractivity (Wildman–Crippen MR) is 208 cm³/mol. The molecule has 0 fully saturated rings. The van der Waals surface area contributed by atoms with E-state index in [-0.39, 0.29) is 0 Å². The normalized spacial score (nSPS) is 11.7. The van der Waals surface area contributed by atoms with Crippen LogP contribution in [0.4, 0.5) is 11.4 Å². The van der Waals surface area contributed by atoms with Crippen molar-refractivity contribution in [3.8, 4) is 22.3 Å². The van der Waals surface area contributed by atoms with Gasteiger partial charge in [-0.3, -0.25) is 0 Å². The first-order valence-corrected chi connectivity index (χ1v) is 17.0. The molecule has 0 atom stereocenters. The number of para-hydroxylation sites is 2. The summed E-state index contributed by atoms with van der Waals surface area (Å²) in [5.41, 5.74) is 11.7. The minimum absolute atomic E-state index is 0.626. The third-order valence-corrected chi connectivity index (χ3v) is 9.95. The molecule has 50 heavy (non-hydrogen) atoms. The van der Waals surface area contributed by atoms with Gasteiger partial charge in [0.2, 0.25) is 0 Å². The van der Waals surface area contributed by atoms with Gasteiger partial charge in [0.1, 0.15) is 22.3 Å². The lowest BCUT2D eigenvalue weighted by Crippen LogP contribution is -2.17. The van der Waals surface area contributed by atoms with Crippen molar-refractivity contribution in [3.05, 3.63) is 181 Å². The van der Waals surface area contributed by atoms with Gasteiger partial charge in [-0.2, -0.15) is 0 Å². The van der Waals surface area contributed by atoms with Gasteiger partial charge in [-0.15, -0.1) is 0 Å². The molecule has 0 spiro atoms. The van der Waals surface area contributed by atoms with E-state index in [1.807, 2.05) is 18.2 Å². The van der Waals surface area contributed by atoms with Crippen LogP contribution in [0.2, 0.25) is 0 Å². The first-order chi connectivity index (χ1) is 24.8. The minimum Gasteiger partial charge on any atom is -0.456 e. The van der Waals surface area contributed by atoms with E-state index in [9.17, 15) is 0 Å². The molecule has 2 heterocycles. The van der Waals surface area contributed by atoms with Crippen molar-refractivity contribution in [1.29, 1.82) is 0 Å². The van der Waals surface area contributed by atoms with Gasteiger partial charge in [-0.25, -0.2) is 0 Å². The van der Waals surface area contributed by atoms with E-state index in [0.717, 1.165) is 55.3 Å². The highest BCUT2D eigenvalue weighted by atomic mass is 16.3. The van der Waals surface area contributed by atoms with Crippen LogP contribution in [-0.2, 0) is 6.54 Å². The van der Waals surface area contributed by atoms with E-state index >= 15 is 0 Å². The van der Waals surface area contributed by atoms with Gasteiger partial charge in [0.15, 0.2) is 0 Å². The summed E-state index contributed by atoms with van der Waals surface area (Å²) in [6, 6.07) is 62.3. The summed E-state index contributed by atoms with van der Waals surface area (Å²) in [6.45, 7) is 0.626. The highest BCUT2D eigenvalue weighted by molar-refractivity contribution is 6.15. The Kier molecular flexibility index (Phi) is 6.56. The second-order valence-corrected chi connectivity index (χ2v) is 12.9. The van der Waals surface area contributed by atoms with Crippen molar-refractivity contribution in [2.75, 3.05) is 4.90 Å². The van der Waals surface area contributed by atoms with Gasteiger partial charge in [0.05, 0.1) is 11.1 Å². The second kappa shape index (κ2) is 11.5. The number of rotatable bonds is 6. The van der Waals surface area contributed by atoms with Crippen LogP contribution in [0, 0.1) is 0 Å². The molecule has 0 amide bonds. The number of hydrogen-bond acceptors (Lipinski definition) is 3. The molecule has 0 saturated heterocycles. The summed E-state index contributed by atoms with van der Waals surface area (Å²) in [6.07, 6.45) is 0. The standard InChI is InChI=1S/C47H31NO2/c1-2-11-31(12-3-1)33-23-26-37(27-24-33)48(40-17-10-20-43-46(40)38-15-6-8-18-41(38)49-43)30-36-25-28-44-47(39-16-7-9-19-42(39)50-44)45(36)35-22-21-32-13-4-5-14-34(32)29-35/h1-29H,30H2. The third-order valence-electron chi connectivity index (χ3n) is 9.95. The molecule has 0 N–H and O–H groups in total. The van der Waals surface area contributed by atoms with E-state index < -0.39 is 0 Å². The first-order valence-electron chi connectivity index (χ1n) is 17.0. The quantitative estimate of drug-likeness (QED) is 0.181. The van der Waals surface area contributed by atoms with Crippen molar-refractivity contribution >= 4 is 66.0 Å². The van der Waals surface area contributed by atoms with Crippen LogP contribution in [0.5, 0.6) is 0 Å². The van der Waals surface area contributed by atoms with E-state index in [0.29, 0.717) is 6.54 Å². The molecule has 3 heteroatoms. The van der Waals surface area contributed by atoms with Crippen LogP contribution >= 0.6 is 0 Å². The lowest BCUT2D eigenvalue weighted by molar-refractivity contribution is 0.668. The molecule has 0 aliphatic heterocycles. The molecular formula is C47H31NO2. The monoisotopic (exact) mass is 641 g/mol. The summed E-state index contributed by atoms with van der Waals surface area (Å²) < 4.78 is 12.9. The van der Waals surface area contributed by atoms with Crippen LogP contribution in [-0.4, -0.2) is 0 Å². The fourth-order valence-electron chi connectivity index (χ4n) is 7.60. The topological polar surface area (TPSA) is 29.5 Å². The summed E-state index contributed by atoms with van der Waals surface area (Å²) in [5.74, 6) is 0. The number of anilines is 2. The SMILES string of the molecule is c1ccc(-c2ccc(N(Cc3ccc4oc5ccccc5c4c3-c3ccc4ccccc4c3)c3cccc4oc5ccccc5c34)cc2)cc1. The van der Waals surface area contributed by atoms with Gasteiger partial charge in [-0.1, -0.05) is 127 Å². The van der Waals surface area contributed by atoms with Crippen molar-refractivity contribution < 1.29 is 8.83 Å². The zero-order chi connectivity index (χ0) is 33.0. The number of fused-ring (bicyclic) bond motifs is 7. The molecule has 10 aromatic rings. The Morgan fingerprint density at radius 3 is 1.78 bits per heavy atom. The Morgan fingerprint density at radius 1 is 0.400 bits per heavy atom. The Hall–Kier alpha value is -6.58. The van der Waals surface area contributed by atoms with E-state index in [2.05, 4.69) is 163 Å². The summed E-state index contributed by atoms with van der Waals surface area (Å²) in [4.78, 5) is 2.44. The first kappa shape index (κ1) is 28.4. The number of nitrogens with zero attached hydrogens (tertiary/aromatic N) is 1. The van der Waals surface area contributed by atoms with Gasteiger partial charge < -0.3 is 13.7 Å². The van der Waals surface area contributed by atoms with E-state index in [1.54, 1.807) is 0 Å². The van der Waals surface area contributed by atoms with Crippen LogP contribution in [0.25, 0.3) is 76.9 Å². The van der Waals surface area contributed by atoms with Gasteiger partial charge in [-0.05, 0) is 87.1 Å². The molecule has 0 bridgehead atoms. The summed E-state index contributed by atoms with van der Waals surface area (Å²) in [7, 11) is 0. The molecular weight excluding hydrogens is 611 g/mol. The van der Waals surface area contributed by atoms with Crippen LogP contribution in [0.15, 0.2) is 185 Å². The molecule has 3 nitrogen and oxygen atoms in total. The average Bonchev–Trinajstić information content (AvgIpc) is 3.76. The maximum Gasteiger partial charge on any atom is 0.137 e. The molecule has 0 saturated carbocycles. The van der Waals surface area contributed by atoms with Crippen LogP contribution in [0.3, 0.4) is 0 Å². The van der Waals surface area contributed by atoms with Crippen molar-refractivity contribution in [2.45, 2.75) is 6.54 Å². The highest BCUT2D eigenvalue weighted by Crippen LogP contribution is 2.44. The van der Waals surface area contributed by atoms with Crippen molar-refractivity contribution in [1.82, 2.24) is 0 Å².